The van der Waals surface area contributed by atoms with Gasteiger partial charge in [0.2, 0.25) is 0 Å². The van der Waals surface area contributed by atoms with Gasteiger partial charge in [-0.25, -0.2) is 20.2 Å². The lowest BCUT2D eigenvalue weighted by atomic mass is 9.94. The molecule has 1 aliphatic carbocycles. The van der Waals surface area contributed by atoms with Crippen LogP contribution < -0.4 is 0 Å². The second kappa shape index (κ2) is 5.57. The molecule has 0 aliphatic heterocycles. The van der Waals surface area contributed by atoms with Crippen molar-refractivity contribution < 1.29 is 0 Å². The van der Waals surface area contributed by atoms with E-state index in [0.29, 0.717) is 11.1 Å². The van der Waals surface area contributed by atoms with E-state index in [2.05, 4.69) is 9.69 Å². The molecule has 0 aromatic heterocycles. The number of benzene rings is 1. The van der Waals surface area contributed by atoms with Gasteiger partial charge >= 0.3 is 0 Å². The molecule has 0 amide bonds. The predicted molar refractivity (Wildman–Crippen MR) is 83.4 cm³/mol. The van der Waals surface area contributed by atoms with Gasteiger partial charge in [-0.15, -0.1) is 0 Å². The summed E-state index contributed by atoms with van der Waals surface area (Å²) in [6.45, 7) is 20.2. The fraction of sp³-hybridized carbons (Fsp3) is 0.222. The zero-order valence-electron chi connectivity index (χ0n) is 12.5. The van der Waals surface area contributed by atoms with E-state index < -0.39 is 0 Å². The molecule has 1 unspecified atom stereocenters. The van der Waals surface area contributed by atoms with E-state index in [1.54, 1.807) is 0 Å². The van der Waals surface area contributed by atoms with Crippen LogP contribution in [-0.4, -0.2) is 0 Å². The van der Waals surface area contributed by atoms with Gasteiger partial charge in [0.05, 0.1) is 25.3 Å². The van der Waals surface area contributed by atoms with Crippen molar-refractivity contribution >= 4 is 11.1 Å². The van der Waals surface area contributed by atoms with E-state index >= 15 is 0 Å². The number of allylic oxidation sites excluding steroid dienone is 4. The minimum absolute atomic E-state index is 0.0225. The maximum absolute atomic E-state index is 9.27. The summed E-state index contributed by atoms with van der Waals surface area (Å²) in [5.41, 5.74) is 4.93. The van der Waals surface area contributed by atoms with Crippen LogP contribution in [0.2, 0.25) is 0 Å². The number of rotatable bonds is 0. The number of nitriles is 2. The fourth-order valence-electron chi connectivity index (χ4n) is 2.93. The monoisotopic (exact) mass is 284 g/mol. The average molecular weight is 284 g/mol. The number of fused-ring (bicyclic) bond motifs is 1. The van der Waals surface area contributed by atoms with Crippen molar-refractivity contribution in [2.75, 3.05) is 0 Å². The van der Waals surface area contributed by atoms with E-state index in [4.69, 9.17) is 13.1 Å². The molecule has 1 aliphatic rings. The van der Waals surface area contributed by atoms with Crippen molar-refractivity contribution in [2.45, 2.75) is 20.8 Å². The molecule has 22 heavy (non-hydrogen) atoms. The Hall–Kier alpha value is -3.34. The third-order valence-corrected chi connectivity index (χ3v) is 4.11. The minimum Gasteiger partial charge on any atom is -0.226 e. The number of hydrogen-bond acceptors (Lipinski definition) is 2. The zero-order chi connectivity index (χ0) is 16.4. The van der Waals surface area contributed by atoms with Crippen LogP contribution in [0.25, 0.3) is 20.8 Å². The molecule has 0 fully saturated rings. The van der Waals surface area contributed by atoms with E-state index in [0.717, 1.165) is 22.3 Å². The van der Waals surface area contributed by atoms with E-state index in [9.17, 15) is 10.5 Å². The third kappa shape index (κ3) is 1.96. The van der Waals surface area contributed by atoms with Gasteiger partial charge in [-0.3, -0.25) is 0 Å². The highest BCUT2D eigenvalue weighted by atomic mass is 14.7. The van der Waals surface area contributed by atoms with E-state index in [1.807, 2.05) is 45.0 Å². The number of aryl methyl sites for hydroxylation is 1. The Morgan fingerprint density at radius 1 is 1.05 bits per heavy atom. The van der Waals surface area contributed by atoms with Crippen LogP contribution >= 0.6 is 0 Å². The van der Waals surface area contributed by atoms with Crippen LogP contribution in [0.15, 0.2) is 23.5 Å². The maximum atomic E-state index is 9.27. The summed E-state index contributed by atoms with van der Waals surface area (Å²) in [5, 5.41) is 18.5. The Kier molecular flexibility index (Phi) is 3.81. The molecular formula is C18H12N4. The SMILES string of the molecule is [C-]#[N+]/C(C#N)=C1\c2ccc(C)c(C)c2/C(=C(/C#N)[N+]#[C-])C1C. The van der Waals surface area contributed by atoms with Crippen LogP contribution in [0.1, 0.15) is 29.2 Å². The van der Waals surface area contributed by atoms with Crippen molar-refractivity contribution in [3.05, 3.63) is 68.6 Å². The molecule has 0 saturated carbocycles. The quantitative estimate of drug-likeness (QED) is 0.528. The molecule has 1 aromatic rings. The standard InChI is InChI=1S/C18H12N4/c1-10-6-7-13-16(14(8-19)21-4)12(3)18(15(9-20)22-5)17(13)11(10)2/h6-7,12H,1-3H3/b16-14-,18-15-. The number of hydrogen-bond donors (Lipinski definition) is 0. The summed E-state index contributed by atoms with van der Waals surface area (Å²) in [5.74, 6) is -0.317. The summed E-state index contributed by atoms with van der Waals surface area (Å²) >= 11 is 0. The molecule has 0 heterocycles. The molecular weight excluding hydrogens is 272 g/mol. The van der Waals surface area contributed by atoms with Gasteiger partial charge in [0.15, 0.2) is 0 Å². The van der Waals surface area contributed by atoms with E-state index in [-0.39, 0.29) is 17.3 Å². The van der Waals surface area contributed by atoms with Gasteiger partial charge in [0.1, 0.15) is 0 Å². The van der Waals surface area contributed by atoms with Crippen molar-refractivity contribution in [3.63, 3.8) is 0 Å². The smallest absolute Gasteiger partial charge is 0.226 e. The molecule has 0 spiro atoms. The first-order valence-electron chi connectivity index (χ1n) is 6.66. The summed E-state index contributed by atoms with van der Waals surface area (Å²) in [7, 11) is 0. The first-order valence-corrected chi connectivity index (χ1v) is 6.66. The second-order valence-electron chi connectivity index (χ2n) is 5.12. The number of nitrogens with zero attached hydrogens (tertiary/aromatic N) is 4. The van der Waals surface area contributed by atoms with Crippen LogP contribution in [0, 0.1) is 55.6 Å². The Balaban J connectivity index is 3.05. The highest BCUT2D eigenvalue weighted by Crippen LogP contribution is 2.50. The molecule has 4 heteroatoms. The van der Waals surface area contributed by atoms with Gasteiger partial charge in [0.25, 0.3) is 11.4 Å². The Morgan fingerprint density at radius 3 is 2.09 bits per heavy atom. The maximum Gasteiger partial charge on any atom is 0.266 e. The predicted octanol–water partition coefficient (Wildman–Crippen LogP) is 4.26. The van der Waals surface area contributed by atoms with Gasteiger partial charge in [-0.05, 0) is 53.2 Å². The van der Waals surface area contributed by atoms with Gasteiger partial charge in [0, 0.05) is 0 Å². The van der Waals surface area contributed by atoms with Gasteiger partial charge in [-0.1, -0.05) is 19.1 Å². The van der Waals surface area contributed by atoms with Crippen molar-refractivity contribution in [3.8, 4) is 12.1 Å². The lowest BCUT2D eigenvalue weighted by Gasteiger charge is -2.10. The van der Waals surface area contributed by atoms with Gasteiger partial charge in [-0.2, -0.15) is 0 Å². The first-order chi connectivity index (χ1) is 10.5. The molecule has 1 aromatic carbocycles. The summed E-state index contributed by atoms with van der Waals surface area (Å²) < 4.78 is 0. The summed E-state index contributed by atoms with van der Waals surface area (Å²) in [4.78, 5) is 6.66. The highest BCUT2D eigenvalue weighted by Gasteiger charge is 2.34. The third-order valence-electron chi connectivity index (χ3n) is 4.11. The largest absolute Gasteiger partial charge is 0.266 e. The zero-order valence-corrected chi connectivity index (χ0v) is 12.5. The molecule has 104 valence electrons. The van der Waals surface area contributed by atoms with Crippen LogP contribution in [0.3, 0.4) is 0 Å². The fourth-order valence-corrected chi connectivity index (χ4v) is 2.93. The highest BCUT2D eigenvalue weighted by molar-refractivity contribution is 6.00. The normalized spacial score (nSPS) is 20.0. The molecule has 0 bridgehead atoms. The molecule has 0 saturated heterocycles. The lowest BCUT2D eigenvalue weighted by molar-refractivity contribution is 1.01. The van der Waals surface area contributed by atoms with Crippen LogP contribution in [0.4, 0.5) is 0 Å². The van der Waals surface area contributed by atoms with E-state index in [1.165, 1.54) is 0 Å². The first kappa shape index (κ1) is 15.1. The molecule has 4 nitrogen and oxygen atoms in total. The van der Waals surface area contributed by atoms with Gasteiger partial charge < -0.3 is 0 Å². The molecule has 1 atom stereocenters. The molecule has 2 rings (SSSR count). The second-order valence-corrected chi connectivity index (χ2v) is 5.12. The van der Waals surface area contributed by atoms with Crippen molar-refractivity contribution in [1.82, 2.24) is 0 Å². The Labute approximate surface area is 129 Å². The lowest BCUT2D eigenvalue weighted by Crippen LogP contribution is -1.96. The van der Waals surface area contributed by atoms with Crippen molar-refractivity contribution in [1.29, 1.82) is 10.5 Å². The Bertz CT molecular complexity index is 871. The van der Waals surface area contributed by atoms with Crippen molar-refractivity contribution in [2.24, 2.45) is 5.92 Å². The Morgan fingerprint density at radius 2 is 1.59 bits per heavy atom. The van der Waals surface area contributed by atoms with Crippen LogP contribution in [-0.2, 0) is 0 Å². The summed E-state index contributed by atoms with van der Waals surface area (Å²) in [6, 6.07) is 7.70. The average Bonchev–Trinajstić information content (AvgIpc) is 2.80. The summed E-state index contributed by atoms with van der Waals surface area (Å²) in [6.07, 6.45) is 0. The topological polar surface area (TPSA) is 56.3 Å². The molecule has 0 radical (unpaired) electrons. The minimum atomic E-state index is -0.317. The molecule has 0 N–H and O–H groups in total. The van der Waals surface area contributed by atoms with Crippen LogP contribution in [0.5, 0.6) is 0 Å².